The first kappa shape index (κ1) is 18.7. The number of nitrogens with zero attached hydrogens (tertiary/aromatic N) is 2. The SMILES string of the molecule is COc1ccccc1C[C@]1(C)NC(=O)N(Cc2ncc(-c3ccccc3)o2)C1=O. The Bertz CT molecular complexity index is 1050. The third-order valence-electron chi connectivity index (χ3n) is 4.99. The number of oxazole rings is 1. The standard InChI is InChI=1S/C22H21N3O4/c1-22(12-16-10-6-7-11-17(16)28-2)20(26)25(21(27)24-22)14-19-23-13-18(29-19)15-8-4-3-5-9-15/h3-11,13H,12,14H2,1-2H3,(H,24,27)/t22-/m0/s1. The number of ether oxygens (including phenoxy) is 1. The van der Waals surface area contributed by atoms with Crippen LogP contribution >= 0.6 is 0 Å². The van der Waals surface area contributed by atoms with Crippen molar-refractivity contribution < 1.29 is 18.7 Å². The highest BCUT2D eigenvalue weighted by Crippen LogP contribution is 2.28. The number of para-hydroxylation sites is 1. The summed E-state index contributed by atoms with van der Waals surface area (Å²) in [5.74, 6) is 1.24. The van der Waals surface area contributed by atoms with Crippen molar-refractivity contribution in [2.24, 2.45) is 0 Å². The minimum Gasteiger partial charge on any atom is -0.496 e. The van der Waals surface area contributed by atoms with Crippen molar-refractivity contribution in [1.29, 1.82) is 0 Å². The normalized spacial score (nSPS) is 18.8. The molecule has 1 N–H and O–H groups in total. The lowest BCUT2D eigenvalue weighted by Gasteiger charge is -2.22. The van der Waals surface area contributed by atoms with Gasteiger partial charge in [0.05, 0.1) is 13.3 Å². The predicted octanol–water partition coefficient (Wildman–Crippen LogP) is 3.40. The molecule has 0 saturated carbocycles. The summed E-state index contributed by atoms with van der Waals surface area (Å²) in [6.07, 6.45) is 1.91. The zero-order valence-corrected chi connectivity index (χ0v) is 16.2. The van der Waals surface area contributed by atoms with Gasteiger partial charge >= 0.3 is 6.03 Å². The minimum absolute atomic E-state index is 0.0288. The lowest BCUT2D eigenvalue weighted by molar-refractivity contribution is -0.131. The zero-order chi connectivity index (χ0) is 20.4. The Labute approximate surface area is 168 Å². The van der Waals surface area contributed by atoms with Gasteiger partial charge < -0.3 is 14.5 Å². The maximum atomic E-state index is 13.1. The molecule has 1 aromatic heterocycles. The second kappa shape index (κ2) is 7.43. The van der Waals surface area contributed by atoms with Crippen molar-refractivity contribution in [3.63, 3.8) is 0 Å². The van der Waals surface area contributed by atoms with Gasteiger partial charge in [0, 0.05) is 12.0 Å². The van der Waals surface area contributed by atoms with Crippen molar-refractivity contribution in [3.05, 3.63) is 72.2 Å². The highest BCUT2D eigenvalue weighted by molar-refractivity contribution is 6.06. The number of aromatic nitrogens is 1. The molecular weight excluding hydrogens is 370 g/mol. The van der Waals surface area contributed by atoms with Crippen LogP contribution in [0.1, 0.15) is 18.4 Å². The van der Waals surface area contributed by atoms with E-state index in [1.54, 1.807) is 20.2 Å². The second-order valence-electron chi connectivity index (χ2n) is 7.13. The van der Waals surface area contributed by atoms with E-state index in [9.17, 15) is 9.59 Å². The van der Waals surface area contributed by atoms with Crippen LogP contribution in [0, 0.1) is 0 Å². The van der Waals surface area contributed by atoms with Crippen LogP contribution in [0.4, 0.5) is 4.79 Å². The molecule has 0 spiro atoms. The molecule has 7 nitrogen and oxygen atoms in total. The van der Waals surface area contributed by atoms with E-state index in [2.05, 4.69) is 10.3 Å². The first-order valence-electron chi connectivity index (χ1n) is 9.26. The quantitative estimate of drug-likeness (QED) is 0.651. The van der Waals surface area contributed by atoms with Crippen LogP contribution in [0.15, 0.2) is 65.2 Å². The number of hydrogen-bond donors (Lipinski definition) is 1. The Morgan fingerprint density at radius 2 is 1.83 bits per heavy atom. The molecule has 7 heteroatoms. The summed E-state index contributed by atoms with van der Waals surface area (Å²) in [5, 5.41) is 2.80. The summed E-state index contributed by atoms with van der Waals surface area (Å²) in [4.78, 5) is 30.9. The fourth-order valence-corrected chi connectivity index (χ4v) is 3.49. The van der Waals surface area contributed by atoms with Crippen molar-refractivity contribution in [3.8, 4) is 17.1 Å². The molecule has 148 valence electrons. The molecule has 1 aliphatic rings. The lowest BCUT2D eigenvalue weighted by Crippen LogP contribution is -2.46. The average molecular weight is 391 g/mol. The zero-order valence-electron chi connectivity index (χ0n) is 16.2. The first-order valence-corrected chi connectivity index (χ1v) is 9.26. The Hall–Kier alpha value is -3.61. The number of hydrogen-bond acceptors (Lipinski definition) is 5. The number of imide groups is 1. The second-order valence-corrected chi connectivity index (χ2v) is 7.13. The molecule has 3 aromatic rings. The molecule has 0 bridgehead atoms. The summed E-state index contributed by atoms with van der Waals surface area (Å²) >= 11 is 0. The summed E-state index contributed by atoms with van der Waals surface area (Å²) in [7, 11) is 1.58. The summed E-state index contributed by atoms with van der Waals surface area (Å²) < 4.78 is 11.1. The minimum atomic E-state index is -1.07. The van der Waals surface area contributed by atoms with E-state index in [0.29, 0.717) is 23.8 Å². The lowest BCUT2D eigenvalue weighted by atomic mass is 9.92. The molecule has 1 fully saturated rings. The Balaban J connectivity index is 1.52. The molecule has 0 aliphatic carbocycles. The Kier molecular flexibility index (Phi) is 4.80. The summed E-state index contributed by atoms with van der Waals surface area (Å²) in [5.41, 5.74) is 0.653. The maximum absolute atomic E-state index is 13.1. The Morgan fingerprint density at radius 1 is 1.10 bits per heavy atom. The van der Waals surface area contributed by atoms with E-state index in [0.717, 1.165) is 16.0 Å². The van der Waals surface area contributed by atoms with E-state index in [1.807, 2.05) is 54.6 Å². The number of carbonyl (C=O) groups is 2. The summed E-state index contributed by atoms with van der Waals surface area (Å²) in [6, 6.07) is 16.5. The van der Waals surface area contributed by atoms with Gasteiger partial charge in [-0.05, 0) is 18.6 Å². The number of amides is 3. The highest BCUT2D eigenvalue weighted by atomic mass is 16.5. The molecule has 2 aromatic carbocycles. The van der Waals surface area contributed by atoms with Crippen molar-refractivity contribution in [2.75, 3.05) is 7.11 Å². The van der Waals surface area contributed by atoms with Gasteiger partial charge in [0.1, 0.15) is 17.8 Å². The monoisotopic (exact) mass is 391 g/mol. The van der Waals surface area contributed by atoms with Gasteiger partial charge in [0.15, 0.2) is 5.76 Å². The molecular formula is C22H21N3O4. The van der Waals surface area contributed by atoms with Crippen molar-refractivity contribution in [1.82, 2.24) is 15.2 Å². The fourth-order valence-electron chi connectivity index (χ4n) is 3.49. The van der Waals surface area contributed by atoms with Crippen LogP contribution in [0.2, 0.25) is 0 Å². The molecule has 1 aliphatic heterocycles. The largest absolute Gasteiger partial charge is 0.496 e. The molecule has 2 heterocycles. The van der Waals surface area contributed by atoms with Gasteiger partial charge in [-0.2, -0.15) is 0 Å². The number of nitrogens with one attached hydrogen (secondary N) is 1. The molecule has 3 amide bonds. The van der Waals surface area contributed by atoms with Gasteiger partial charge in [-0.15, -0.1) is 0 Å². The highest BCUT2D eigenvalue weighted by Gasteiger charge is 2.48. The molecule has 4 rings (SSSR count). The summed E-state index contributed by atoms with van der Waals surface area (Å²) in [6.45, 7) is 1.68. The van der Waals surface area contributed by atoms with Crippen molar-refractivity contribution in [2.45, 2.75) is 25.4 Å². The van der Waals surface area contributed by atoms with E-state index in [4.69, 9.17) is 9.15 Å². The molecule has 0 radical (unpaired) electrons. The van der Waals surface area contributed by atoms with Crippen LogP contribution < -0.4 is 10.1 Å². The average Bonchev–Trinajstić information content (AvgIpc) is 3.28. The third kappa shape index (κ3) is 3.59. The number of methoxy groups -OCH3 is 1. The molecule has 0 unspecified atom stereocenters. The smallest absolute Gasteiger partial charge is 0.325 e. The van der Waals surface area contributed by atoms with Crippen LogP contribution in [0.25, 0.3) is 11.3 Å². The van der Waals surface area contributed by atoms with Gasteiger partial charge in [0.25, 0.3) is 5.91 Å². The van der Waals surface area contributed by atoms with Crippen LogP contribution in [0.5, 0.6) is 5.75 Å². The maximum Gasteiger partial charge on any atom is 0.325 e. The van der Waals surface area contributed by atoms with Crippen LogP contribution in [-0.4, -0.2) is 34.5 Å². The van der Waals surface area contributed by atoms with Crippen molar-refractivity contribution >= 4 is 11.9 Å². The van der Waals surface area contributed by atoms with Gasteiger partial charge in [-0.1, -0.05) is 48.5 Å². The fraction of sp³-hybridized carbons (Fsp3) is 0.227. The Morgan fingerprint density at radius 3 is 2.59 bits per heavy atom. The number of benzene rings is 2. The number of urea groups is 1. The van der Waals surface area contributed by atoms with Crippen LogP contribution in [-0.2, 0) is 17.8 Å². The van der Waals surface area contributed by atoms with Crippen LogP contribution in [0.3, 0.4) is 0 Å². The van der Waals surface area contributed by atoms with E-state index in [-0.39, 0.29) is 12.5 Å². The van der Waals surface area contributed by atoms with E-state index < -0.39 is 11.6 Å². The molecule has 1 atom stereocenters. The molecule has 1 saturated heterocycles. The van der Waals surface area contributed by atoms with E-state index >= 15 is 0 Å². The topological polar surface area (TPSA) is 84.7 Å². The van der Waals surface area contributed by atoms with Gasteiger partial charge in [0.2, 0.25) is 5.89 Å². The van der Waals surface area contributed by atoms with Gasteiger partial charge in [-0.3, -0.25) is 9.69 Å². The molecule has 29 heavy (non-hydrogen) atoms. The first-order chi connectivity index (χ1) is 14.0. The third-order valence-corrected chi connectivity index (χ3v) is 4.99. The number of rotatable bonds is 6. The van der Waals surface area contributed by atoms with Gasteiger partial charge in [-0.25, -0.2) is 9.78 Å². The van der Waals surface area contributed by atoms with E-state index in [1.165, 1.54) is 0 Å². The number of carbonyl (C=O) groups excluding carboxylic acids is 2. The predicted molar refractivity (Wildman–Crippen MR) is 106 cm³/mol.